The van der Waals surface area contributed by atoms with E-state index in [9.17, 15) is 4.79 Å². The van der Waals surface area contributed by atoms with Gasteiger partial charge in [0.2, 0.25) is 0 Å². The van der Waals surface area contributed by atoms with Gasteiger partial charge < -0.3 is 13.9 Å². The van der Waals surface area contributed by atoms with Gasteiger partial charge >= 0.3 is 0 Å². The molecule has 130 valence electrons. The van der Waals surface area contributed by atoms with Crippen molar-refractivity contribution in [2.75, 3.05) is 32.7 Å². The molecule has 0 aliphatic carbocycles. The van der Waals surface area contributed by atoms with E-state index in [0.29, 0.717) is 5.56 Å². The number of benzene rings is 1. The fourth-order valence-corrected chi connectivity index (χ4v) is 3.40. The molecule has 1 saturated heterocycles. The molecule has 0 bridgehead atoms. The van der Waals surface area contributed by atoms with Crippen molar-refractivity contribution < 1.29 is 9.21 Å². The highest BCUT2D eigenvalue weighted by molar-refractivity contribution is 5.93. The molecule has 6 heteroatoms. The molecule has 0 radical (unpaired) electrons. The van der Waals surface area contributed by atoms with Gasteiger partial charge in [-0.3, -0.25) is 9.69 Å². The quantitative estimate of drug-likeness (QED) is 0.733. The van der Waals surface area contributed by atoms with Crippen molar-refractivity contribution in [1.29, 1.82) is 0 Å². The first-order valence-corrected chi connectivity index (χ1v) is 8.75. The fourth-order valence-electron chi connectivity index (χ4n) is 3.40. The lowest BCUT2D eigenvalue weighted by molar-refractivity contribution is 0.0760. The smallest absolute Gasteiger partial charge is 0.257 e. The number of furan rings is 1. The first-order chi connectivity index (χ1) is 12.3. The Morgan fingerprint density at radius 3 is 2.88 bits per heavy atom. The van der Waals surface area contributed by atoms with Crippen LogP contribution in [0.3, 0.4) is 0 Å². The minimum absolute atomic E-state index is 0.0659. The summed E-state index contributed by atoms with van der Waals surface area (Å²) in [6.45, 7) is 5.35. The Hall–Kier alpha value is -2.60. The van der Waals surface area contributed by atoms with Gasteiger partial charge in [-0.05, 0) is 31.2 Å². The van der Waals surface area contributed by atoms with Gasteiger partial charge in [0.1, 0.15) is 6.26 Å². The molecule has 0 unspecified atom stereocenters. The van der Waals surface area contributed by atoms with Crippen LogP contribution in [0.15, 0.2) is 53.6 Å². The molecule has 1 aliphatic rings. The van der Waals surface area contributed by atoms with Gasteiger partial charge in [-0.1, -0.05) is 12.1 Å². The van der Waals surface area contributed by atoms with Crippen LogP contribution in [-0.2, 0) is 6.54 Å². The molecule has 4 rings (SSSR count). The summed E-state index contributed by atoms with van der Waals surface area (Å²) in [5, 5.41) is 0. The van der Waals surface area contributed by atoms with Crippen LogP contribution in [0.1, 0.15) is 16.8 Å². The number of nitrogens with zero attached hydrogens (tertiary/aromatic N) is 4. The van der Waals surface area contributed by atoms with Crippen LogP contribution in [0.5, 0.6) is 0 Å². The predicted octanol–water partition coefficient (Wildman–Crippen LogP) is 2.48. The molecule has 3 aromatic rings. The van der Waals surface area contributed by atoms with Crippen LogP contribution in [0.25, 0.3) is 11.0 Å². The molecule has 0 saturated carbocycles. The lowest BCUT2D eigenvalue weighted by Crippen LogP contribution is -2.35. The largest absolute Gasteiger partial charge is 0.472 e. The molecule has 25 heavy (non-hydrogen) atoms. The van der Waals surface area contributed by atoms with Gasteiger partial charge in [0.05, 0.1) is 29.2 Å². The van der Waals surface area contributed by atoms with Gasteiger partial charge in [-0.2, -0.15) is 0 Å². The average Bonchev–Trinajstić information content (AvgIpc) is 3.25. The number of imidazole rings is 1. The van der Waals surface area contributed by atoms with Crippen LogP contribution in [0.4, 0.5) is 0 Å². The van der Waals surface area contributed by atoms with Gasteiger partial charge in [0, 0.05) is 32.7 Å². The molecule has 2 aromatic heterocycles. The van der Waals surface area contributed by atoms with E-state index in [1.54, 1.807) is 12.3 Å². The zero-order valence-electron chi connectivity index (χ0n) is 14.2. The summed E-state index contributed by atoms with van der Waals surface area (Å²) >= 11 is 0. The summed E-state index contributed by atoms with van der Waals surface area (Å²) < 4.78 is 7.23. The number of amides is 1. The molecule has 1 amide bonds. The number of fused-ring (bicyclic) bond motifs is 1. The number of hydrogen-bond donors (Lipinski definition) is 0. The van der Waals surface area contributed by atoms with Crippen molar-refractivity contribution in [3.63, 3.8) is 0 Å². The Kier molecular flexibility index (Phi) is 4.52. The van der Waals surface area contributed by atoms with Crippen LogP contribution >= 0.6 is 0 Å². The second-order valence-corrected chi connectivity index (χ2v) is 6.43. The van der Waals surface area contributed by atoms with Gasteiger partial charge in [0.25, 0.3) is 5.91 Å². The monoisotopic (exact) mass is 338 g/mol. The molecule has 0 N–H and O–H groups in total. The van der Waals surface area contributed by atoms with E-state index in [-0.39, 0.29) is 5.91 Å². The molecule has 0 spiro atoms. The fraction of sp³-hybridized carbons (Fsp3) is 0.368. The highest BCUT2D eigenvalue weighted by Gasteiger charge is 2.20. The van der Waals surface area contributed by atoms with E-state index in [4.69, 9.17) is 4.42 Å². The van der Waals surface area contributed by atoms with Crippen LogP contribution < -0.4 is 0 Å². The maximum atomic E-state index is 12.4. The SMILES string of the molecule is O=C(c1ccoc1)N1CCCN(CCn2cnc3ccccc32)CC1. The Morgan fingerprint density at radius 1 is 1.08 bits per heavy atom. The second-order valence-electron chi connectivity index (χ2n) is 6.43. The second kappa shape index (κ2) is 7.11. The van der Waals surface area contributed by atoms with Crippen LogP contribution in [-0.4, -0.2) is 58.0 Å². The van der Waals surface area contributed by atoms with Gasteiger partial charge in [0.15, 0.2) is 0 Å². The molecular formula is C19H22N4O2. The van der Waals surface area contributed by atoms with Crippen LogP contribution in [0, 0.1) is 0 Å². The molecular weight excluding hydrogens is 316 g/mol. The number of carbonyl (C=O) groups excluding carboxylic acids is 1. The minimum Gasteiger partial charge on any atom is -0.472 e. The Labute approximate surface area is 146 Å². The van der Waals surface area contributed by atoms with E-state index >= 15 is 0 Å². The number of para-hydroxylation sites is 2. The third kappa shape index (κ3) is 3.44. The third-order valence-corrected chi connectivity index (χ3v) is 4.83. The van der Waals surface area contributed by atoms with Crippen molar-refractivity contribution in [2.45, 2.75) is 13.0 Å². The van der Waals surface area contributed by atoms with Gasteiger partial charge in [-0.25, -0.2) is 4.98 Å². The summed E-state index contributed by atoms with van der Waals surface area (Å²) in [6, 6.07) is 9.94. The topological polar surface area (TPSA) is 54.5 Å². The van der Waals surface area contributed by atoms with E-state index in [2.05, 4.69) is 20.5 Å². The normalized spacial score (nSPS) is 16.2. The Morgan fingerprint density at radius 2 is 2.00 bits per heavy atom. The van der Waals surface area contributed by atoms with Crippen LogP contribution in [0.2, 0.25) is 0 Å². The molecule has 3 heterocycles. The van der Waals surface area contributed by atoms with Crippen molar-refractivity contribution in [3.05, 3.63) is 54.7 Å². The maximum absolute atomic E-state index is 12.4. The lowest BCUT2D eigenvalue weighted by Gasteiger charge is -2.21. The van der Waals surface area contributed by atoms with Crippen molar-refractivity contribution >= 4 is 16.9 Å². The average molecular weight is 338 g/mol. The first kappa shape index (κ1) is 15.9. The summed E-state index contributed by atoms with van der Waals surface area (Å²) in [6.07, 6.45) is 5.98. The highest BCUT2D eigenvalue weighted by Crippen LogP contribution is 2.13. The predicted molar refractivity (Wildman–Crippen MR) is 95.4 cm³/mol. The molecule has 1 aromatic carbocycles. The summed E-state index contributed by atoms with van der Waals surface area (Å²) in [5.41, 5.74) is 2.85. The lowest BCUT2D eigenvalue weighted by atomic mass is 10.3. The maximum Gasteiger partial charge on any atom is 0.257 e. The van der Waals surface area contributed by atoms with E-state index in [1.807, 2.05) is 29.4 Å². The van der Waals surface area contributed by atoms with E-state index in [1.165, 1.54) is 11.8 Å². The molecule has 1 fully saturated rings. The number of rotatable bonds is 4. The molecule has 1 aliphatic heterocycles. The summed E-state index contributed by atoms with van der Waals surface area (Å²) in [7, 11) is 0. The van der Waals surface area contributed by atoms with Crippen molar-refractivity contribution in [1.82, 2.24) is 19.4 Å². The van der Waals surface area contributed by atoms with Gasteiger partial charge in [-0.15, -0.1) is 0 Å². The summed E-state index contributed by atoms with van der Waals surface area (Å²) in [4.78, 5) is 21.2. The summed E-state index contributed by atoms with van der Waals surface area (Å²) in [5.74, 6) is 0.0659. The zero-order valence-corrected chi connectivity index (χ0v) is 14.2. The van der Waals surface area contributed by atoms with E-state index < -0.39 is 0 Å². The van der Waals surface area contributed by atoms with Crippen molar-refractivity contribution in [2.24, 2.45) is 0 Å². The Balaban J connectivity index is 1.34. The third-order valence-electron chi connectivity index (χ3n) is 4.83. The Bertz CT molecular complexity index is 840. The number of aromatic nitrogens is 2. The highest BCUT2D eigenvalue weighted by atomic mass is 16.3. The first-order valence-electron chi connectivity index (χ1n) is 8.75. The van der Waals surface area contributed by atoms with E-state index in [0.717, 1.165) is 51.2 Å². The molecule has 0 atom stereocenters. The zero-order chi connectivity index (χ0) is 17.1. The van der Waals surface area contributed by atoms with Crippen molar-refractivity contribution in [3.8, 4) is 0 Å². The minimum atomic E-state index is 0.0659. The number of hydrogen-bond acceptors (Lipinski definition) is 4. The number of carbonyl (C=O) groups is 1. The molecule has 6 nitrogen and oxygen atoms in total. The standard InChI is InChI=1S/C19H22N4O2/c24-19(16-6-13-25-14-16)22-8-3-7-21(9-11-22)10-12-23-15-20-17-4-1-2-5-18(17)23/h1-2,4-6,13-15H,3,7-12H2.